The first-order valence-electron chi connectivity index (χ1n) is 4.87. The lowest BCUT2D eigenvalue weighted by Crippen LogP contribution is -2.27. The molecule has 0 aliphatic heterocycles. The maximum atomic E-state index is 9.23. The molecule has 0 fully saturated rings. The molecule has 0 bridgehead atoms. The average molecular weight is 224 g/mol. The van der Waals surface area contributed by atoms with Crippen molar-refractivity contribution in [2.75, 3.05) is 18.5 Å². The SMILES string of the molecule is CC(O)CN(C)c1ccc(/C(N)=N/O)nc1. The van der Waals surface area contributed by atoms with Gasteiger partial charge in [-0.15, -0.1) is 0 Å². The molecule has 88 valence electrons. The molecule has 6 nitrogen and oxygen atoms in total. The van der Waals surface area contributed by atoms with Crippen LogP contribution in [-0.4, -0.2) is 40.8 Å². The smallest absolute Gasteiger partial charge is 0.188 e. The Morgan fingerprint density at radius 3 is 2.75 bits per heavy atom. The molecule has 0 aromatic carbocycles. The van der Waals surface area contributed by atoms with Gasteiger partial charge in [0, 0.05) is 13.6 Å². The third kappa shape index (κ3) is 3.09. The molecule has 1 unspecified atom stereocenters. The van der Waals surface area contributed by atoms with Gasteiger partial charge >= 0.3 is 0 Å². The number of pyridine rings is 1. The zero-order valence-corrected chi connectivity index (χ0v) is 9.33. The van der Waals surface area contributed by atoms with Gasteiger partial charge in [-0.25, -0.2) is 0 Å². The lowest BCUT2D eigenvalue weighted by atomic mass is 10.3. The Morgan fingerprint density at radius 2 is 2.31 bits per heavy atom. The standard InChI is InChI=1S/C10H16N4O2/c1-7(15)6-14(2)8-3-4-9(12-5-8)10(11)13-16/h3-5,7,15-16H,6H2,1-2H3,(H2,11,13). The van der Waals surface area contributed by atoms with E-state index >= 15 is 0 Å². The Bertz CT molecular complexity index is 362. The first-order chi connectivity index (χ1) is 7.54. The fraction of sp³-hybridized carbons (Fsp3) is 0.400. The van der Waals surface area contributed by atoms with Crippen molar-refractivity contribution in [1.29, 1.82) is 0 Å². The number of aliphatic hydroxyl groups excluding tert-OH is 1. The summed E-state index contributed by atoms with van der Waals surface area (Å²) in [5.41, 5.74) is 6.66. The number of amidine groups is 1. The number of anilines is 1. The molecule has 6 heteroatoms. The molecule has 0 aliphatic carbocycles. The van der Waals surface area contributed by atoms with Crippen LogP contribution in [0.25, 0.3) is 0 Å². The summed E-state index contributed by atoms with van der Waals surface area (Å²) in [6.07, 6.45) is 1.20. The molecular formula is C10H16N4O2. The Morgan fingerprint density at radius 1 is 1.62 bits per heavy atom. The third-order valence-electron chi connectivity index (χ3n) is 2.10. The molecule has 0 saturated carbocycles. The van der Waals surface area contributed by atoms with Gasteiger partial charge in [0.2, 0.25) is 0 Å². The van der Waals surface area contributed by atoms with E-state index in [1.807, 2.05) is 11.9 Å². The molecule has 1 heterocycles. The first-order valence-corrected chi connectivity index (χ1v) is 4.87. The van der Waals surface area contributed by atoms with Crippen molar-refractivity contribution < 1.29 is 10.3 Å². The zero-order valence-electron chi connectivity index (χ0n) is 9.33. The Labute approximate surface area is 94.0 Å². The highest BCUT2D eigenvalue weighted by atomic mass is 16.4. The van der Waals surface area contributed by atoms with Crippen LogP contribution >= 0.6 is 0 Å². The van der Waals surface area contributed by atoms with Crippen LogP contribution in [0.3, 0.4) is 0 Å². The summed E-state index contributed by atoms with van der Waals surface area (Å²) in [5, 5.41) is 20.6. The maximum Gasteiger partial charge on any atom is 0.188 e. The van der Waals surface area contributed by atoms with Gasteiger partial charge in [-0.05, 0) is 19.1 Å². The van der Waals surface area contributed by atoms with Gasteiger partial charge in [0.25, 0.3) is 0 Å². The highest BCUT2D eigenvalue weighted by Gasteiger charge is 2.06. The number of nitrogens with two attached hydrogens (primary N) is 1. The quantitative estimate of drug-likeness (QED) is 0.289. The van der Waals surface area contributed by atoms with Gasteiger partial charge in [0.1, 0.15) is 5.69 Å². The van der Waals surface area contributed by atoms with E-state index in [-0.39, 0.29) is 5.84 Å². The van der Waals surface area contributed by atoms with Crippen LogP contribution in [0.4, 0.5) is 5.69 Å². The van der Waals surface area contributed by atoms with E-state index in [2.05, 4.69) is 10.1 Å². The van der Waals surface area contributed by atoms with Gasteiger partial charge in [-0.3, -0.25) is 4.98 Å². The van der Waals surface area contributed by atoms with Crippen LogP contribution in [0.2, 0.25) is 0 Å². The largest absolute Gasteiger partial charge is 0.409 e. The summed E-state index contributed by atoms with van der Waals surface area (Å²) >= 11 is 0. The fourth-order valence-corrected chi connectivity index (χ4v) is 1.32. The molecule has 0 spiro atoms. The Hall–Kier alpha value is -1.82. The lowest BCUT2D eigenvalue weighted by Gasteiger charge is -2.20. The summed E-state index contributed by atoms with van der Waals surface area (Å²) in [6.45, 7) is 2.24. The molecule has 1 aromatic heterocycles. The number of hydrogen-bond donors (Lipinski definition) is 3. The molecule has 1 atom stereocenters. The second kappa shape index (κ2) is 5.32. The topological polar surface area (TPSA) is 95.0 Å². The molecule has 16 heavy (non-hydrogen) atoms. The number of hydrogen-bond acceptors (Lipinski definition) is 5. The monoisotopic (exact) mass is 224 g/mol. The van der Waals surface area contributed by atoms with Gasteiger partial charge in [0.15, 0.2) is 5.84 Å². The predicted molar refractivity (Wildman–Crippen MR) is 61.7 cm³/mol. The number of rotatable bonds is 4. The predicted octanol–water partition coefficient (Wildman–Crippen LogP) is -0.00690. The van der Waals surface area contributed by atoms with Crippen molar-refractivity contribution in [1.82, 2.24) is 4.98 Å². The molecule has 0 aliphatic rings. The van der Waals surface area contributed by atoms with Crippen LogP contribution in [0.1, 0.15) is 12.6 Å². The van der Waals surface area contributed by atoms with Gasteiger partial charge < -0.3 is 20.9 Å². The fourth-order valence-electron chi connectivity index (χ4n) is 1.32. The van der Waals surface area contributed by atoms with Gasteiger partial charge in [-0.2, -0.15) is 0 Å². The number of likely N-dealkylation sites (N-methyl/N-ethyl adjacent to an activating group) is 1. The maximum absolute atomic E-state index is 9.23. The zero-order chi connectivity index (χ0) is 12.1. The van der Waals surface area contributed by atoms with E-state index in [0.717, 1.165) is 5.69 Å². The van der Waals surface area contributed by atoms with Crippen molar-refractivity contribution in [3.8, 4) is 0 Å². The van der Waals surface area contributed by atoms with Gasteiger partial charge in [0.05, 0.1) is 18.0 Å². The summed E-state index contributed by atoms with van der Waals surface area (Å²) in [5.74, 6) is -0.0234. The minimum Gasteiger partial charge on any atom is -0.409 e. The highest BCUT2D eigenvalue weighted by Crippen LogP contribution is 2.11. The summed E-state index contributed by atoms with van der Waals surface area (Å²) in [4.78, 5) is 5.91. The summed E-state index contributed by atoms with van der Waals surface area (Å²) in [7, 11) is 1.85. The number of aromatic nitrogens is 1. The van der Waals surface area contributed by atoms with Crippen molar-refractivity contribution in [2.24, 2.45) is 10.9 Å². The van der Waals surface area contributed by atoms with E-state index in [4.69, 9.17) is 10.9 Å². The summed E-state index contributed by atoms with van der Waals surface area (Å²) in [6, 6.07) is 3.45. The minimum atomic E-state index is -0.409. The van der Waals surface area contributed by atoms with E-state index in [1.165, 1.54) is 0 Å². The summed E-state index contributed by atoms with van der Waals surface area (Å²) < 4.78 is 0. The van der Waals surface area contributed by atoms with E-state index in [9.17, 15) is 5.11 Å². The van der Waals surface area contributed by atoms with E-state index in [0.29, 0.717) is 12.2 Å². The number of oxime groups is 1. The molecule has 0 amide bonds. The molecule has 0 saturated heterocycles. The molecule has 4 N–H and O–H groups in total. The molecular weight excluding hydrogens is 208 g/mol. The Balaban J connectivity index is 2.78. The number of nitrogens with zero attached hydrogens (tertiary/aromatic N) is 3. The first kappa shape index (κ1) is 12.3. The second-order valence-corrected chi connectivity index (χ2v) is 3.62. The van der Waals surface area contributed by atoms with Crippen molar-refractivity contribution in [2.45, 2.75) is 13.0 Å². The van der Waals surface area contributed by atoms with E-state index < -0.39 is 6.10 Å². The van der Waals surface area contributed by atoms with E-state index in [1.54, 1.807) is 25.3 Å². The van der Waals surface area contributed by atoms with Crippen LogP contribution in [0.5, 0.6) is 0 Å². The third-order valence-corrected chi connectivity index (χ3v) is 2.10. The second-order valence-electron chi connectivity index (χ2n) is 3.62. The lowest BCUT2D eigenvalue weighted by molar-refractivity contribution is 0.201. The number of aliphatic hydroxyl groups is 1. The molecule has 0 radical (unpaired) electrons. The van der Waals surface area contributed by atoms with Gasteiger partial charge in [-0.1, -0.05) is 5.16 Å². The average Bonchev–Trinajstić information content (AvgIpc) is 2.27. The molecule has 1 rings (SSSR count). The Kier molecular flexibility index (Phi) is 4.07. The van der Waals surface area contributed by atoms with Crippen molar-refractivity contribution >= 4 is 11.5 Å². The van der Waals surface area contributed by atoms with Crippen LogP contribution < -0.4 is 10.6 Å². The molecule has 1 aromatic rings. The van der Waals surface area contributed by atoms with Crippen LogP contribution in [0, 0.1) is 0 Å². The van der Waals surface area contributed by atoms with Crippen LogP contribution in [0.15, 0.2) is 23.5 Å². The normalized spacial score (nSPS) is 13.6. The van der Waals surface area contributed by atoms with Crippen molar-refractivity contribution in [3.63, 3.8) is 0 Å². The van der Waals surface area contributed by atoms with Crippen LogP contribution in [-0.2, 0) is 0 Å². The minimum absolute atomic E-state index is 0.0234. The van der Waals surface area contributed by atoms with Crippen molar-refractivity contribution in [3.05, 3.63) is 24.0 Å². The highest BCUT2D eigenvalue weighted by molar-refractivity contribution is 5.95.